The van der Waals surface area contributed by atoms with Gasteiger partial charge in [0, 0.05) is 16.8 Å². The maximum Gasteiger partial charge on any atom is 0.0968 e. The molecule has 1 aromatic heterocycles. The van der Waals surface area contributed by atoms with Gasteiger partial charge in [0.2, 0.25) is 0 Å². The number of nitrogens with zero attached hydrogens (tertiary/aromatic N) is 1. The molecule has 3 heteroatoms. The van der Waals surface area contributed by atoms with Crippen molar-refractivity contribution in [2.45, 2.75) is 51.5 Å². The molecule has 16 heavy (non-hydrogen) atoms. The van der Waals surface area contributed by atoms with Crippen molar-refractivity contribution in [3.05, 3.63) is 15.6 Å². The minimum Gasteiger partial charge on any atom is -0.312 e. The second-order valence-corrected chi connectivity index (χ2v) is 6.90. The van der Waals surface area contributed by atoms with Gasteiger partial charge in [0.05, 0.1) is 10.7 Å². The Morgan fingerprint density at radius 3 is 2.81 bits per heavy atom. The normalized spacial score (nSPS) is 31.2. The third-order valence-electron chi connectivity index (χ3n) is 4.13. The van der Waals surface area contributed by atoms with Crippen LogP contribution in [0.15, 0.2) is 0 Å². The number of hydrogen-bond donors (Lipinski definition) is 1. The molecular formula is C13H20N2S. The van der Waals surface area contributed by atoms with Gasteiger partial charge in [0.1, 0.15) is 0 Å². The predicted molar refractivity (Wildman–Crippen MR) is 68.0 cm³/mol. The van der Waals surface area contributed by atoms with Crippen LogP contribution in [0.2, 0.25) is 0 Å². The van der Waals surface area contributed by atoms with E-state index in [1.807, 2.05) is 11.3 Å². The summed E-state index contributed by atoms with van der Waals surface area (Å²) in [5, 5.41) is 4.82. The molecule has 1 N–H and O–H groups in total. The summed E-state index contributed by atoms with van der Waals surface area (Å²) in [5.74, 6) is 0.737. The van der Waals surface area contributed by atoms with Crippen molar-refractivity contribution in [2.75, 3.05) is 7.05 Å². The average Bonchev–Trinajstić information content (AvgIpc) is 2.74. The third kappa shape index (κ3) is 1.61. The van der Waals surface area contributed by atoms with E-state index in [2.05, 4.69) is 26.2 Å². The highest BCUT2D eigenvalue weighted by Gasteiger charge is 2.48. The molecule has 2 unspecified atom stereocenters. The topological polar surface area (TPSA) is 24.9 Å². The van der Waals surface area contributed by atoms with Gasteiger partial charge in [-0.1, -0.05) is 13.8 Å². The van der Waals surface area contributed by atoms with Crippen LogP contribution in [0.5, 0.6) is 0 Å². The van der Waals surface area contributed by atoms with Crippen LogP contribution < -0.4 is 5.32 Å². The van der Waals surface area contributed by atoms with Gasteiger partial charge >= 0.3 is 0 Å². The molecule has 1 saturated carbocycles. The first-order valence-electron chi connectivity index (χ1n) is 6.28. The van der Waals surface area contributed by atoms with Crippen molar-refractivity contribution in [2.24, 2.45) is 5.41 Å². The number of hydrogen-bond acceptors (Lipinski definition) is 3. The van der Waals surface area contributed by atoms with E-state index in [1.165, 1.54) is 41.3 Å². The van der Waals surface area contributed by atoms with E-state index in [9.17, 15) is 0 Å². The zero-order valence-corrected chi connectivity index (χ0v) is 11.2. The Bertz CT molecular complexity index is 408. The first-order valence-corrected chi connectivity index (χ1v) is 7.10. The number of aromatic nitrogens is 1. The molecule has 0 saturated heterocycles. The van der Waals surface area contributed by atoms with Gasteiger partial charge in [0.25, 0.3) is 0 Å². The second-order valence-electron chi connectivity index (χ2n) is 5.84. The smallest absolute Gasteiger partial charge is 0.0968 e. The van der Waals surface area contributed by atoms with Crippen molar-refractivity contribution in [3.8, 4) is 0 Å². The maximum absolute atomic E-state index is 4.89. The molecule has 0 bridgehead atoms. The number of nitrogens with one attached hydrogen (secondary N) is 1. The number of aryl methyl sites for hydroxylation is 1. The summed E-state index contributed by atoms with van der Waals surface area (Å²) in [5.41, 5.74) is 1.89. The zero-order chi connectivity index (χ0) is 11.3. The lowest BCUT2D eigenvalue weighted by atomic mass is 9.98. The van der Waals surface area contributed by atoms with E-state index in [-0.39, 0.29) is 0 Å². The van der Waals surface area contributed by atoms with E-state index >= 15 is 0 Å². The Labute approximate surface area is 101 Å². The molecule has 2 nitrogen and oxygen atoms in total. The van der Waals surface area contributed by atoms with Crippen molar-refractivity contribution in [1.29, 1.82) is 0 Å². The van der Waals surface area contributed by atoms with Gasteiger partial charge in [0.15, 0.2) is 0 Å². The molecule has 0 aliphatic heterocycles. The van der Waals surface area contributed by atoms with Crippen molar-refractivity contribution >= 4 is 11.3 Å². The third-order valence-corrected chi connectivity index (χ3v) is 5.45. The predicted octanol–water partition coefficient (Wildman–Crippen LogP) is 3.25. The first-order chi connectivity index (χ1) is 7.62. The molecule has 0 aromatic carbocycles. The summed E-state index contributed by atoms with van der Waals surface area (Å²) in [7, 11) is 2.07. The van der Waals surface area contributed by atoms with E-state index in [0.717, 1.165) is 5.92 Å². The summed E-state index contributed by atoms with van der Waals surface area (Å²) in [4.78, 5) is 6.40. The van der Waals surface area contributed by atoms with Crippen LogP contribution in [0.3, 0.4) is 0 Å². The summed E-state index contributed by atoms with van der Waals surface area (Å²) in [6.45, 7) is 4.71. The SMILES string of the molecule is CNC1CCCc2nc(C3CC3(C)C)sc21. The molecular weight excluding hydrogens is 216 g/mol. The Kier molecular flexibility index (Phi) is 2.37. The number of thiazole rings is 1. The van der Waals surface area contributed by atoms with Crippen LogP contribution in [0.4, 0.5) is 0 Å². The molecule has 0 radical (unpaired) electrons. The van der Waals surface area contributed by atoms with Gasteiger partial charge in [-0.3, -0.25) is 0 Å². The standard InChI is InChI=1S/C13H20N2S/c1-13(2)7-8(13)12-15-10-6-4-5-9(14-3)11(10)16-12/h8-9,14H,4-7H2,1-3H3. The molecule has 2 atom stereocenters. The van der Waals surface area contributed by atoms with E-state index < -0.39 is 0 Å². The van der Waals surface area contributed by atoms with Gasteiger partial charge in [-0.25, -0.2) is 4.98 Å². The van der Waals surface area contributed by atoms with Crippen molar-refractivity contribution in [3.63, 3.8) is 0 Å². The average molecular weight is 236 g/mol. The van der Waals surface area contributed by atoms with E-state index in [4.69, 9.17) is 4.98 Å². The summed E-state index contributed by atoms with van der Waals surface area (Å²) in [6, 6.07) is 0.567. The highest BCUT2D eigenvalue weighted by atomic mass is 32.1. The van der Waals surface area contributed by atoms with E-state index in [0.29, 0.717) is 11.5 Å². The fourth-order valence-electron chi connectivity index (χ4n) is 2.75. The molecule has 88 valence electrons. The minimum atomic E-state index is 0.510. The van der Waals surface area contributed by atoms with Crippen LogP contribution in [0, 0.1) is 5.41 Å². The van der Waals surface area contributed by atoms with Gasteiger partial charge in [-0.15, -0.1) is 11.3 Å². The lowest BCUT2D eigenvalue weighted by Crippen LogP contribution is -2.19. The minimum absolute atomic E-state index is 0.510. The summed E-state index contributed by atoms with van der Waals surface area (Å²) >= 11 is 1.97. The van der Waals surface area contributed by atoms with Gasteiger partial charge in [-0.05, 0) is 38.1 Å². The van der Waals surface area contributed by atoms with Gasteiger partial charge in [-0.2, -0.15) is 0 Å². The molecule has 2 aliphatic carbocycles. The van der Waals surface area contributed by atoms with Gasteiger partial charge < -0.3 is 5.32 Å². The number of rotatable bonds is 2. The van der Waals surface area contributed by atoms with Crippen LogP contribution in [0.25, 0.3) is 0 Å². The lowest BCUT2D eigenvalue weighted by molar-refractivity contribution is 0.500. The van der Waals surface area contributed by atoms with E-state index in [1.54, 1.807) is 0 Å². The van der Waals surface area contributed by atoms with Crippen molar-refractivity contribution < 1.29 is 0 Å². The Balaban J connectivity index is 1.91. The Morgan fingerprint density at radius 1 is 1.44 bits per heavy atom. The summed E-state index contributed by atoms with van der Waals surface area (Å²) < 4.78 is 0. The highest BCUT2D eigenvalue weighted by Crippen LogP contribution is 2.59. The molecule has 0 spiro atoms. The first kappa shape index (κ1) is 10.7. The largest absolute Gasteiger partial charge is 0.312 e. The molecule has 3 rings (SSSR count). The summed E-state index contributed by atoms with van der Waals surface area (Å²) in [6.07, 6.45) is 5.08. The Morgan fingerprint density at radius 2 is 2.19 bits per heavy atom. The quantitative estimate of drug-likeness (QED) is 0.852. The zero-order valence-electron chi connectivity index (χ0n) is 10.3. The molecule has 1 aromatic rings. The van der Waals surface area contributed by atoms with Crippen molar-refractivity contribution in [1.82, 2.24) is 10.3 Å². The molecule has 1 heterocycles. The molecule has 0 amide bonds. The maximum atomic E-state index is 4.89. The fraction of sp³-hybridized carbons (Fsp3) is 0.769. The monoisotopic (exact) mass is 236 g/mol. The lowest BCUT2D eigenvalue weighted by Gasteiger charge is -2.20. The van der Waals surface area contributed by atoms with Crippen LogP contribution in [0.1, 0.15) is 60.6 Å². The van der Waals surface area contributed by atoms with Crippen LogP contribution >= 0.6 is 11.3 Å². The molecule has 2 aliphatic rings. The second kappa shape index (κ2) is 3.54. The molecule has 1 fully saturated rings. The Hall–Kier alpha value is -0.410. The van der Waals surface area contributed by atoms with Crippen LogP contribution in [-0.2, 0) is 6.42 Å². The fourth-order valence-corrected chi connectivity index (χ4v) is 4.32. The number of fused-ring (bicyclic) bond motifs is 1. The van der Waals surface area contributed by atoms with Crippen LogP contribution in [-0.4, -0.2) is 12.0 Å². The highest BCUT2D eigenvalue weighted by molar-refractivity contribution is 7.12.